The van der Waals surface area contributed by atoms with Crippen LogP contribution in [0.2, 0.25) is 0 Å². The average Bonchev–Trinajstić information content (AvgIpc) is 2.61. The van der Waals surface area contributed by atoms with E-state index in [4.69, 9.17) is 9.47 Å². The summed E-state index contributed by atoms with van der Waals surface area (Å²) >= 11 is 0. The van der Waals surface area contributed by atoms with Crippen molar-refractivity contribution in [2.45, 2.75) is 33.6 Å². The molecule has 0 atom stereocenters. The summed E-state index contributed by atoms with van der Waals surface area (Å²) in [6.07, 6.45) is 1.74. The van der Waals surface area contributed by atoms with E-state index in [-0.39, 0.29) is 5.91 Å². The molecule has 2 rings (SSSR count). The van der Waals surface area contributed by atoms with Gasteiger partial charge in [0.25, 0.3) is 5.91 Å². The molecular weight excluding hydrogens is 314 g/mol. The largest absolute Gasteiger partial charge is 0.493 e. The monoisotopic (exact) mass is 341 g/mol. The molecule has 4 heteroatoms. The maximum atomic E-state index is 12.3. The molecule has 0 spiro atoms. The molecule has 0 saturated heterocycles. The Morgan fingerprint density at radius 3 is 2.60 bits per heavy atom. The SMILES string of the molecule is CCOc1ccc(CCCNC(=O)c2cc(C)ccc2C)cc1OC. The predicted molar refractivity (Wildman–Crippen MR) is 101 cm³/mol. The van der Waals surface area contributed by atoms with Crippen molar-refractivity contribution < 1.29 is 14.3 Å². The van der Waals surface area contributed by atoms with E-state index in [1.807, 2.05) is 57.2 Å². The van der Waals surface area contributed by atoms with Gasteiger partial charge in [0.05, 0.1) is 13.7 Å². The fourth-order valence-corrected chi connectivity index (χ4v) is 2.71. The lowest BCUT2D eigenvalue weighted by molar-refractivity contribution is 0.0952. The first-order valence-corrected chi connectivity index (χ1v) is 8.70. The van der Waals surface area contributed by atoms with Gasteiger partial charge in [0, 0.05) is 12.1 Å². The Hall–Kier alpha value is -2.49. The fraction of sp³-hybridized carbons (Fsp3) is 0.381. The van der Waals surface area contributed by atoms with Gasteiger partial charge in [0.1, 0.15) is 0 Å². The summed E-state index contributed by atoms with van der Waals surface area (Å²) in [7, 11) is 1.64. The van der Waals surface area contributed by atoms with Crippen molar-refractivity contribution in [3.63, 3.8) is 0 Å². The number of benzene rings is 2. The van der Waals surface area contributed by atoms with Gasteiger partial charge in [-0.05, 0) is 62.9 Å². The maximum Gasteiger partial charge on any atom is 0.251 e. The molecule has 0 radical (unpaired) electrons. The molecule has 2 aromatic carbocycles. The number of carbonyl (C=O) groups excluding carboxylic acids is 1. The Kier molecular flexibility index (Phi) is 6.87. The Morgan fingerprint density at radius 2 is 1.88 bits per heavy atom. The standard InChI is InChI=1S/C21H27NO3/c1-5-25-19-11-10-17(14-20(19)24-4)7-6-12-22-21(23)18-13-15(2)8-9-16(18)3/h8-11,13-14H,5-7,12H2,1-4H3,(H,22,23). The zero-order valence-corrected chi connectivity index (χ0v) is 15.5. The molecule has 0 bridgehead atoms. The molecule has 1 N–H and O–H groups in total. The highest BCUT2D eigenvalue weighted by atomic mass is 16.5. The molecule has 4 nitrogen and oxygen atoms in total. The van der Waals surface area contributed by atoms with Crippen molar-refractivity contribution in [1.82, 2.24) is 5.32 Å². The molecule has 1 amide bonds. The molecule has 134 valence electrons. The van der Waals surface area contributed by atoms with Gasteiger partial charge in [-0.25, -0.2) is 0 Å². The summed E-state index contributed by atoms with van der Waals surface area (Å²) in [6.45, 7) is 7.16. The minimum absolute atomic E-state index is 0.00882. The van der Waals surface area contributed by atoms with Crippen LogP contribution < -0.4 is 14.8 Å². The highest BCUT2D eigenvalue weighted by molar-refractivity contribution is 5.95. The van der Waals surface area contributed by atoms with Gasteiger partial charge in [-0.1, -0.05) is 23.8 Å². The van der Waals surface area contributed by atoms with E-state index < -0.39 is 0 Å². The lowest BCUT2D eigenvalue weighted by Crippen LogP contribution is -2.25. The molecule has 0 aromatic heterocycles. The minimum atomic E-state index is -0.00882. The number of aryl methyl sites for hydroxylation is 3. The normalized spacial score (nSPS) is 10.4. The Balaban J connectivity index is 1.86. The number of hydrogen-bond donors (Lipinski definition) is 1. The molecule has 2 aromatic rings. The van der Waals surface area contributed by atoms with Crippen molar-refractivity contribution in [1.29, 1.82) is 0 Å². The minimum Gasteiger partial charge on any atom is -0.493 e. The van der Waals surface area contributed by atoms with Gasteiger partial charge < -0.3 is 14.8 Å². The number of hydrogen-bond acceptors (Lipinski definition) is 3. The molecule has 25 heavy (non-hydrogen) atoms. The quantitative estimate of drug-likeness (QED) is 0.736. The Morgan fingerprint density at radius 1 is 1.08 bits per heavy atom. The topological polar surface area (TPSA) is 47.6 Å². The number of rotatable bonds is 8. The average molecular weight is 341 g/mol. The predicted octanol–water partition coefficient (Wildman–Crippen LogP) is 4.07. The van der Waals surface area contributed by atoms with Crippen molar-refractivity contribution in [2.75, 3.05) is 20.3 Å². The lowest BCUT2D eigenvalue weighted by Gasteiger charge is -2.11. The number of methoxy groups -OCH3 is 1. The molecule has 0 fully saturated rings. The van der Waals surface area contributed by atoms with Crippen LogP contribution in [-0.4, -0.2) is 26.2 Å². The van der Waals surface area contributed by atoms with E-state index in [0.29, 0.717) is 13.2 Å². The summed E-state index contributed by atoms with van der Waals surface area (Å²) in [5.74, 6) is 1.50. The van der Waals surface area contributed by atoms with Crippen LogP contribution in [0.25, 0.3) is 0 Å². The summed E-state index contributed by atoms with van der Waals surface area (Å²) < 4.78 is 10.9. The van der Waals surface area contributed by atoms with Gasteiger partial charge in [-0.15, -0.1) is 0 Å². The van der Waals surface area contributed by atoms with E-state index in [2.05, 4.69) is 5.32 Å². The third-order valence-electron chi connectivity index (χ3n) is 4.09. The lowest BCUT2D eigenvalue weighted by atomic mass is 10.0. The van der Waals surface area contributed by atoms with Crippen molar-refractivity contribution in [3.8, 4) is 11.5 Å². The van der Waals surface area contributed by atoms with Gasteiger partial charge in [0.15, 0.2) is 11.5 Å². The summed E-state index contributed by atoms with van der Waals surface area (Å²) in [6, 6.07) is 11.9. The van der Waals surface area contributed by atoms with E-state index in [0.717, 1.165) is 41.0 Å². The highest BCUT2D eigenvalue weighted by Gasteiger charge is 2.09. The molecule has 0 heterocycles. The highest BCUT2D eigenvalue weighted by Crippen LogP contribution is 2.28. The van der Waals surface area contributed by atoms with Crippen molar-refractivity contribution in [2.24, 2.45) is 0 Å². The van der Waals surface area contributed by atoms with Gasteiger partial charge in [-0.3, -0.25) is 4.79 Å². The number of nitrogens with one attached hydrogen (secondary N) is 1. The van der Waals surface area contributed by atoms with E-state index >= 15 is 0 Å². The van der Waals surface area contributed by atoms with Crippen LogP contribution in [0.1, 0.15) is 40.4 Å². The van der Waals surface area contributed by atoms with Crippen LogP contribution in [0.4, 0.5) is 0 Å². The second-order valence-corrected chi connectivity index (χ2v) is 6.10. The molecule has 0 aliphatic rings. The molecule has 0 unspecified atom stereocenters. The number of carbonyl (C=O) groups is 1. The summed E-state index contributed by atoms with van der Waals surface area (Å²) in [5.41, 5.74) is 4.01. The maximum absolute atomic E-state index is 12.3. The smallest absolute Gasteiger partial charge is 0.251 e. The van der Waals surface area contributed by atoms with Crippen molar-refractivity contribution in [3.05, 3.63) is 58.7 Å². The van der Waals surface area contributed by atoms with Crippen LogP contribution in [-0.2, 0) is 6.42 Å². The molecule has 0 aliphatic heterocycles. The van der Waals surface area contributed by atoms with Crippen LogP contribution in [0.15, 0.2) is 36.4 Å². The molecule has 0 aliphatic carbocycles. The van der Waals surface area contributed by atoms with Crippen LogP contribution in [0.3, 0.4) is 0 Å². The summed E-state index contributed by atoms with van der Waals surface area (Å²) in [5, 5.41) is 3.00. The van der Waals surface area contributed by atoms with Gasteiger partial charge in [0.2, 0.25) is 0 Å². The van der Waals surface area contributed by atoms with E-state index in [1.54, 1.807) is 7.11 Å². The third kappa shape index (κ3) is 5.24. The molecular formula is C21H27NO3. The number of ether oxygens (including phenoxy) is 2. The first-order valence-electron chi connectivity index (χ1n) is 8.70. The van der Waals surface area contributed by atoms with Crippen LogP contribution >= 0.6 is 0 Å². The second-order valence-electron chi connectivity index (χ2n) is 6.10. The Labute approximate surface area is 150 Å². The van der Waals surface area contributed by atoms with E-state index in [1.165, 1.54) is 5.56 Å². The fourth-order valence-electron chi connectivity index (χ4n) is 2.71. The second kappa shape index (κ2) is 9.11. The number of amides is 1. The van der Waals surface area contributed by atoms with E-state index in [9.17, 15) is 4.79 Å². The van der Waals surface area contributed by atoms with Gasteiger partial charge >= 0.3 is 0 Å². The van der Waals surface area contributed by atoms with Gasteiger partial charge in [-0.2, -0.15) is 0 Å². The third-order valence-corrected chi connectivity index (χ3v) is 4.09. The zero-order valence-electron chi connectivity index (χ0n) is 15.5. The summed E-state index contributed by atoms with van der Waals surface area (Å²) in [4.78, 5) is 12.3. The van der Waals surface area contributed by atoms with Crippen molar-refractivity contribution >= 4 is 5.91 Å². The zero-order chi connectivity index (χ0) is 18.2. The van der Waals surface area contributed by atoms with Crippen LogP contribution in [0.5, 0.6) is 11.5 Å². The first kappa shape index (κ1) is 18.8. The van der Waals surface area contributed by atoms with Crippen LogP contribution in [0, 0.1) is 13.8 Å². The Bertz CT molecular complexity index is 725. The molecule has 0 saturated carbocycles. The first-order chi connectivity index (χ1) is 12.0.